The number of nitrogens with zero attached hydrogens (tertiary/aromatic N) is 1. The monoisotopic (exact) mass is 221 g/mol. The Hall–Kier alpha value is -1.13. The van der Waals surface area contributed by atoms with E-state index in [0.717, 1.165) is 11.1 Å². The molecular weight excluding hydrogens is 202 g/mol. The molecule has 1 heterocycles. The Labute approximate surface area is 95.9 Å². The maximum Gasteiger partial charge on any atom is 0.129 e. The van der Waals surface area contributed by atoms with Gasteiger partial charge in [0, 0.05) is 24.3 Å². The highest BCUT2D eigenvalue weighted by Gasteiger charge is 2.30. The van der Waals surface area contributed by atoms with Crippen molar-refractivity contribution < 1.29 is 5.11 Å². The molecule has 16 heavy (non-hydrogen) atoms. The second-order valence-corrected chi connectivity index (χ2v) is 4.82. The van der Waals surface area contributed by atoms with Crippen LogP contribution in [-0.2, 0) is 5.60 Å². The third-order valence-corrected chi connectivity index (χ3v) is 3.04. The number of hydrogen-bond acceptors (Lipinski definition) is 4. The van der Waals surface area contributed by atoms with E-state index in [1.165, 1.54) is 12.8 Å². The van der Waals surface area contributed by atoms with Crippen molar-refractivity contribution in [2.24, 2.45) is 0 Å². The Balaban J connectivity index is 2.18. The minimum absolute atomic E-state index is 0.419. The van der Waals surface area contributed by atoms with Gasteiger partial charge in [0.2, 0.25) is 0 Å². The molecule has 1 aliphatic rings. The molecule has 1 saturated carbocycles. The number of rotatable bonds is 4. The number of nitrogens with one attached hydrogen (secondary N) is 1. The average Bonchev–Trinajstić information content (AvgIpc) is 2.97. The van der Waals surface area contributed by atoms with Gasteiger partial charge >= 0.3 is 0 Å². The zero-order valence-electron chi connectivity index (χ0n) is 9.83. The Morgan fingerprint density at radius 1 is 1.62 bits per heavy atom. The van der Waals surface area contributed by atoms with Crippen molar-refractivity contribution in [2.75, 3.05) is 12.3 Å². The van der Waals surface area contributed by atoms with Gasteiger partial charge in [0.15, 0.2) is 0 Å². The van der Waals surface area contributed by atoms with Gasteiger partial charge in [-0.2, -0.15) is 0 Å². The van der Waals surface area contributed by atoms with E-state index in [1.54, 1.807) is 13.1 Å². The Morgan fingerprint density at radius 3 is 2.88 bits per heavy atom. The van der Waals surface area contributed by atoms with E-state index in [1.807, 2.05) is 13.0 Å². The molecule has 1 aromatic heterocycles. The van der Waals surface area contributed by atoms with E-state index < -0.39 is 5.60 Å². The van der Waals surface area contributed by atoms with Crippen molar-refractivity contribution in [3.63, 3.8) is 0 Å². The standard InChI is InChI=1S/C12H19N3O/c1-8-5-6-14-11(13)10(8)12(2,16)7-15-9-3-4-9/h5-6,9,15-16H,3-4,7H2,1-2H3,(H2,13,14). The normalized spacial score (nSPS) is 19.4. The minimum atomic E-state index is -0.953. The quantitative estimate of drug-likeness (QED) is 0.707. The molecule has 2 rings (SSSR count). The van der Waals surface area contributed by atoms with Gasteiger partial charge in [0.25, 0.3) is 0 Å². The number of nitrogen functional groups attached to an aromatic ring is 1. The van der Waals surface area contributed by atoms with E-state index in [2.05, 4.69) is 10.3 Å². The number of aromatic nitrogens is 1. The summed E-state index contributed by atoms with van der Waals surface area (Å²) in [4.78, 5) is 4.04. The van der Waals surface area contributed by atoms with Crippen LogP contribution in [0.1, 0.15) is 30.9 Å². The fourth-order valence-corrected chi connectivity index (χ4v) is 2.00. The molecule has 0 radical (unpaired) electrons. The number of aryl methyl sites for hydroxylation is 1. The van der Waals surface area contributed by atoms with Gasteiger partial charge in [-0.15, -0.1) is 0 Å². The molecule has 4 heteroatoms. The lowest BCUT2D eigenvalue weighted by Crippen LogP contribution is -2.37. The van der Waals surface area contributed by atoms with Crippen LogP contribution in [0.3, 0.4) is 0 Å². The first kappa shape index (κ1) is 11.4. The molecule has 0 spiro atoms. The fourth-order valence-electron chi connectivity index (χ4n) is 2.00. The number of aliphatic hydroxyl groups is 1. The van der Waals surface area contributed by atoms with Crippen LogP contribution in [0.2, 0.25) is 0 Å². The number of pyridine rings is 1. The summed E-state index contributed by atoms with van der Waals surface area (Å²) in [6.45, 7) is 4.25. The molecule has 1 unspecified atom stereocenters. The lowest BCUT2D eigenvalue weighted by Gasteiger charge is -2.27. The highest BCUT2D eigenvalue weighted by atomic mass is 16.3. The van der Waals surface area contributed by atoms with Crippen LogP contribution >= 0.6 is 0 Å². The highest BCUT2D eigenvalue weighted by Crippen LogP contribution is 2.28. The van der Waals surface area contributed by atoms with Gasteiger partial charge < -0.3 is 16.2 Å². The smallest absolute Gasteiger partial charge is 0.129 e. The molecule has 88 valence electrons. The predicted molar refractivity (Wildman–Crippen MR) is 64.0 cm³/mol. The molecule has 0 amide bonds. The predicted octanol–water partition coefficient (Wildman–Crippen LogP) is 0.932. The second kappa shape index (κ2) is 4.03. The van der Waals surface area contributed by atoms with Gasteiger partial charge in [-0.05, 0) is 38.3 Å². The van der Waals surface area contributed by atoms with Crippen LogP contribution in [0.15, 0.2) is 12.3 Å². The highest BCUT2D eigenvalue weighted by molar-refractivity contribution is 5.47. The van der Waals surface area contributed by atoms with Crippen LogP contribution in [0.5, 0.6) is 0 Å². The molecule has 0 saturated heterocycles. The third kappa shape index (κ3) is 2.33. The molecule has 0 bridgehead atoms. The van der Waals surface area contributed by atoms with E-state index in [4.69, 9.17) is 5.73 Å². The molecule has 1 fully saturated rings. The first-order valence-electron chi connectivity index (χ1n) is 5.68. The SMILES string of the molecule is Cc1ccnc(N)c1C(C)(O)CNC1CC1. The van der Waals surface area contributed by atoms with Crippen molar-refractivity contribution in [2.45, 2.75) is 38.3 Å². The Bertz CT molecular complexity index is 366. The van der Waals surface area contributed by atoms with E-state index in [-0.39, 0.29) is 0 Å². The summed E-state index contributed by atoms with van der Waals surface area (Å²) >= 11 is 0. The van der Waals surface area contributed by atoms with Crippen LogP contribution in [0.4, 0.5) is 5.82 Å². The van der Waals surface area contributed by atoms with E-state index >= 15 is 0 Å². The van der Waals surface area contributed by atoms with Crippen molar-refractivity contribution in [1.82, 2.24) is 10.3 Å². The largest absolute Gasteiger partial charge is 0.384 e. The first-order valence-corrected chi connectivity index (χ1v) is 5.68. The molecule has 0 aliphatic heterocycles. The topological polar surface area (TPSA) is 71.2 Å². The fraction of sp³-hybridized carbons (Fsp3) is 0.583. The lowest BCUT2D eigenvalue weighted by molar-refractivity contribution is 0.0564. The van der Waals surface area contributed by atoms with Crippen molar-refractivity contribution in [3.05, 3.63) is 23.4 Å². The van der Waals surface area contributed by atoms with Crippen molar-refractivity contribution in [3.8, 4) is 0 Å². The maximum absolute atomic E-state index is 10.4. The van der Waals surface area contributed by atoms with Crippen LogP contribution in [-0.4, -0.2) is 22.7 Å². The van der Waals surface area contributed by atoms with Crippen LogP contribution < -0.4 is 11.1 Å². The lowest BCUT2D eigenvalue weighted by atomic mass is 9.92. The summed E-state index contributed by atoms with van der Waals surface area (Å²) in [7, 11) is 0. The van der Waals surface area contributed by atoms with Gasteiger partial charge in [-0.3, -0.25) is 0 Å². The molecule has 4 N–H and O–H groups in total. The first-order chi connectivity index (χ1) is 7.50. The molecule has 1 atom stereocenters. The number of hydrogen-bond donors (Lipinski definition) is 3. The van der Waals surface area contributed by atoms with Gasteiger partial charge in [-0.1, -0.05) is 0 Å². The molecular formula is C12H19N3O. The minimum Gasteiger partial charge on any atom is -0.384 e. The summed E-state index contributed by atoms with van der Waals surface area (Å²) in [5.41, 5.74) is 6.60. The summed E-state index contributed by atoms with van der Waals surface area (Å²) in [5, 5.41) is 13.8. The summed E-state index contributed by atoms with van der Waals surface area (Å²) in [5.74, 6) is 0.419. The number of anilines is 1. The summed E-state index contributed by atoms with van der Waals surface area (Å²) < 4.78 is 0. The zero-order chi connectivity index (χ0) is 11.8. The average molecular weight is 221 g/mol. The molecule has 4 nitrogen and oxygen atoms in total. The second-order valence-electron chi connectivity index (χ2n) is 4.82. The van der Waals surface area contributed by atoms with Crippen molar-refractivity contribution >= 4 is 5.82 Å². The van der Waals surface area contributed by atoms with Gasteiger partial charge in [-0.25, -0.2) is 4.98 Å². The molecule has 1 aromatic rings. The Kier molecular flexibility index (Phi) is 2.86. The summed E-state index contributed by atoms with van der Waals surface area (Å²) in [6, 6.07) is 2.45. The zero-order valence-corrected chi connectivity index (χ0v) is 9.83. The van der Waals surface area contributed by atoms with E-state index in [0.29, 0.717) is 18.4 Å². The number of nitrogens with two attached hydrogens (primary N) is 1. The summed E-state index contributed by atoms with van der Waals surface area (Å²) in [6.07, 6.45) is 4.08. The van der Waals surface area contributed by atoms with Gasteiger partial charge in [0.1, 0.15) is 11.4 Å². The third-order valence-electron chi connectivity index (χ3n) is 3.04. The maximum atomic E-state index is 10.4. The van der Waals surface area contributed by atoms with E-state index in [9.17, 15) is 5.11 Å². The molecule has 0 aromatic carbocycles. The van der Waals surface area contributed by atoms with Gasteiger partial charge in [0.05, 0.1) is 0 Å². The van der Waals surface area contributed by atoms with Crippen molar-refractivity contribution in [1.29, 1.82) is 0 Å². The Morgan fingerprint density at radius 2 is 2.31 bits per heavy atom. The molecule has 1 aliphatic carbocycles. The van der Waals surface area contributed by atoms with Crippen LogP contribution in [0, 0.1) is 6.92 Å². The van der Waals surface area contributed by atoms with Crippen LogP contribution in [0.25, 0.3) is 0 Å².